The van der Waals surface area contributed by atoms with Gasteiger partial charge in [0.1, 0.15) is 5.75 Å². The average Bonchev–Trinajstić information content (AvgIpc) is 2.32. The molecule has 2 rings (SSSR count). The first-order valence-electron chi connectivity index (χ1n) is 6.07. The number of nitrogens with zero attached hydrogens (tertiary/aromatic N) is 1. The van der Waals surface area contributed by atoms with Crippen LogP contribution in [0.15, 0.2) is 30.5 Å². The predicted octanol–water partition coefficient (Wildman–Crippen LogP) is 5.10. The molecular formula is C15H15ClFNO. The van der Waals surface area contributed by atoms with Crippen molar-refractivity contribution in [2.24, 2.45) is 0 Å². The molecule has 1 heterocycles. The molecule has 0 radical (unpaired) electrons. The van der Waals surface area contributed by atoms with Crippen LogP contribution < -0.4 is 4.74 Å². The van der Waals surface area contributed by atoms with E-state index in [4.69, 9.17) is 16.3 Å². The lowest BCUT2D eigenvalue weighted by molar-refractivity contribution is 0.416. The highest BCUT2D eigenvalue weighted by Gasteiger charge is 2.12. The Morgan fingerprint density at radius 2 is 2.00 bits per heavy atom. The third kappa shape index (κ3) is 3.24. The summed E-state index contributed by atoms with van der Waals surface area (Å²) in [5, 5.41) is 0.248. The van der Waals surface area contributed by atoms with Gasteiger partial charge < -0.3 is 4.74 Å². The smallest absolute Gasteiger partial charge is 0.255 e. The minimum absolute atomic E-state index is 0.0584. The Morgan fingerprint density at radius 3 is 2.63 bits per heavy atom. The Morgan fingerprint density at radius 1 is 1.26 bits per heavy atom. The maximum Gasteiger partial charge on any atom is 0.255 e. The molecule has 0 bridgehead atoms. The largest absolute Gasteiger partial charge is 0.436 e. The number of aromatic nitrogens is 1. The molecule has 1 aromatic carbocycles. The second-order valence-electron chi connectivity index (χ2n) is 4.74. The second kappa shape index (κ2) is 5.57. The first-order chi connectivity index (χ1) is 8.97. The van der Waals surface area contributed by atoms with Gasteiger partial charge in [-0.2, -0.15) is 0 Å². The van der Waals surface area contributed by atoms with Gasteiger partial charge in [-0.05, 0) is 36.1 Å². The van der Waals surface area contributed by atoms with Crippen LogP contribution in [0.5, 0.6) is 11.6 Å². The van der Waals surface area contributed by atoms with Gasteiger partial charge in [0.25, 0.3) is 5.88 Å². The molecule has 100 valence electrons. The summed E-state index contributed by atoms with van der Waals surface area (Å²) in [5.41, 5.74) is 2.07. The van der Waals surface area contributed by atoms with Crippen LogP contribution in [0.4, 0.5) is 4.39 Å². The summed E-state index contributed by atoms with van der Waals surface area (Å²) >= 11 is 5.67. The Hall–Kier alpha value is -1.61. The summed E-state index contributed by atoms with van der Waals surface area (Å²) in [5.74, 6) is 0.287. The second-order valence-corrected chi connectivity index (χ2v) is 5.17. The molecule has 19 heavy (non-hydrogen) atoms. The zero-order valence-electron chi connectivity index (χ0n) is 11.1. The normalized spacial score (nSPS) is 10.8. The van der Waals surface area contributed by atoms with Gasteiger partial charge >= 0.3 is 0 Å². The topological polar surface area (TPSA) is 22.1 Å². The molecule has 0 aliphatic heterocycles. The lowest BCUT2D eigenvalue weighted by Crippen LogP contribution is -1.97. The SMILES string of the molecule is Cc1ccc(C(C)C)c(Oc2ncc(Cl)cc2F)c1. The Bertz CT molecular complexity index is 599. The summed E-state index contributed by atoms with van der Waals surface area (Å²) in [6.45, 7) is 6.08. The molecule has 0 spiro atoms. The van der Waals surface area contributed by atoms with E-state index in [0.717, 1.165) is 11.1 Å². The molecule has 0 amide bonds. The van der Waals surface area contributed by atoms with Crippen LogP contribution in [0.25, 0.3) is 0 Å². The number of ether oxygens (including phenoxy) is 1. The quantitative estimate of drug-likeness (QED) is 0.780. The molecular weight excluding hydrogens is 265 g/mol. The fourth-order valence-corrected chi connectivity index (χ4v) is 1.93. The zero-order valence-corrected chi connectivity index (χ0v) is 11.8. The van der Waals surface area contributed by atoms with E-state index < -0.39 is 5.82 Å². The fraction of sp³-hybridized carbons (Fsp3) is 0.267. The van der Waals surface area contributed by atoms with Crippen molar-refractivity contribution >= 4 is 11.6 Å². The lowest BCUT2D eigenvalue weighted by Gasteiger charge is -2.14. The van der Waals surface area contributed by atoms with Crippen molar-refractivity contribution in [1.82, 2.24) is 4.98 Å². The van der Waals surface area contributed by atoms with Crippen LogP contribution in [0, 0.1) is 12.7 Å². The summed E-state index contributed by atoms with van der Waals surface area (Å²) in [7, 11) is 0. The Labute approximate surface area is 117 Å². The summed E-state index contributed by atoms with van der Waals surface area (Å²) in [6.07, 6.45) is 1.37. The van der Waals surface area contributed by atoms with Crippen LogP contribution in [0.3, 0.4) is 0 Å². The Balaban J connectivity index is 2.39. The van der Waals surface area contributed by atoms with E-state index >= 15 is 0 Å². The maximum absolute atomic E-state index is 13.7. The molecule has 0 aliphatic rings. The molecule has 0 fully saturated rings. The molecule has 0 saturated carbocycles. The standard InChI is InChI=1S/C15H15ClFNO/c1-9(2)12-5-4-10(3)6-14(12)19-15-13(17)7-11(16)8-18-15/h4-9H,1-3H3. The molecule has 0 unspecified atom stereocenters. The number of hydrogen-bond donors (Lipinski definition) is 0. The lowest BCUT2D eigenvalue weighted by atomic mass is 10.0. The van der Waals surface area contributed by atoms with E-state index in [0.29, 0.717) is 5.75 Å². The van der Waals surface area contributed by atoms with Crippen molar-refractivity contribution < 1.29 is 9.13 Å². The van der Waals surface area contributed by atoms with Crippen molar-refractivity contribution in [2.45, 2.75) is 26.7 Å². The fourth-order valence-electron chi connectivity index (χ4n) is 1.79. The Kier molecular flexibility index (Phi) is 4.05. The first kappa shape index (κ1) is 13.8. The van der Waals surface area contributed by atoms with Gasteiger partial charge in [0, 0.05) is 6.20 Å². The van der Waals surface area contributed by atoms with Gasteiger partial charge in [0.15, 0.2) is 5.82 Å². The van der Waals surface area contributed by atoms with Crippen molar-refractivity contribution in [2.75, 3.05) is 0 Å². The highest BCUT2D eigenvalue weighted by Crippen LogP contribution is 2.32. The van der Waals surface area contributed by atoms with E-state index in [-0.39, 0.29) is 16.8 Å². The number of hydrogen-bond acceptors (Lipinski definition) is 2. The van der Waals surface area contributed by atoms with Crippen LogP contribution >= 0.6 is 11.6 Å². The molecule has 0 saturated heterocycles. The monoisotopic (exact) mass is 279 g/mol. The molecule has 0 aliphatic carbocycles. The minimum Gasteiger partial charge on any atom is -0.436 e. The van der Waals surface area contributed by atoms with Crippen LogP contribution in [0.1, 0.15) is 30.9 Å². The van der Waals surface area contributed by atoms with Crippen LogP contribution in [-0.2, 0) is 0 Å². The highest BCUT2D eigenvalue weighted by molar-refractivity contribution is 6.30. The van der Waals surface area contributed by atoms with Crippen molar-refractivity contribution in [3.05, 3.63) is 52.4 Å². The molecule has 0 N–H and O–H groups in total. The number of rotatable bonds is 3. The number of halogens is 2. The van der Waals surface area contributed by atoms with Crippen molar-refractivity contribution in [3.63, 3.8) is 0 Å². The zero-order chi connectivity index (χ0) is 14.0. The molecule has 2 nitrogen and oxygen atoms in total. The predicted molar refractivity (Wildman–Crippen MR) is 74.5 cm³/mol. The first-order valence-corrected chi connectivity index (χ1v) is 6.44. The molecule has 0 atom stereocenters. The minimum atomic E-state index is -0.566. The van der Waals surface area contributed by atoms with Crippen LogP contribution in [0.2, 0.25) is 5.02 Å². The van der Waals surface area contributed by atoms with E-state index in [1.807, 2.05) is 25.1 Å². The summed E-state index contributed by atoms with van der Waals surface area (Å²) < 4.78 is 19.3. The van der Waals surface area contributed by atoms with Crippen LogP contribution in [-0.4, -0.2) is 4.98 Å². The van der Waals surface area contributed by atoms with E-state index in [2.05, 4.69) is 18.8 Å². The molecule has 2 aromatic rings. The van der Waals surface area contributed by atoms with Crippen molar-refractivity contribution in [3.8, 4) is 11.6 Å². The summed E-state index contributed by atoms with van der Waals surface area (Å²) in [6, 6.07) is 7.07. The number of benzene rings is 1. The van der Waals surface area contributed by atoms with Gasteiger partial charge in [0.05, 0.1) is 5.02 Å². The van der Waals surface area contributed by atoms with Gasteiger partial charge in [-0.3, -0.25) is 0 Å². The average molecular weight is 280 g/mol. The highest BCUT2D eigenvalue weighted by atomic mass is 35.5. The third-order valence-corrected chi connectivity index (χ3v) is 2.98. The number of aryl methyl sites for hydroxylation is 1. The number of pyridine rings is 1. The summed E-state index contributed by atoms with van der Waals surface area (Å²) in [4.78, 5) is 3.87. The van der Waals surface area contributed by atoms with Gasteiger partial charge in [-0.25, -0.2) is 9.37 Å². The van der Waals surface area contributed by atoms with Gasteiger partial charge in [-0.1, -0.05) is 37.6 Å². The van der Waals surface area contributed by atoms with Crippen molar-refractivity contribution in [1.29, 1.82) is 0 Å². The molecule has 1 aromatic heterocycles. The maximum atomic E-state index is 13.7. The van der Waals surface area contributed by atoms with Gasteiger partial charge in [-0.15, -0.1) is 0 Å². The third-order valence-electron chi connectivity index (χ3n) is 2.77. The van der Waals surface area contributed by atoms with E-state index in [1.54, 1.807) is 0 Å². The van der Waals surface area contributed by atoms with E-state index in [1.165, 1.54) is 12.3 Å². The van der Waals surface area contributed by atoms with Gasteiger partial charge in [0.2, 0.25) is 0 Å². The van der Waals surface area contributed by atoms with E-state index in [9.17, 15) is 4.39 Å². The molecule has 4 heteroatoms.